The van der Waals surface area contributed by atoms with E-state index in [1.54, 1.807) is 23.6 Å². The minimum Gasteiger partial charge on any atom is -0.338 e. The number of carbonyl (C=O) groups is 1. The van der Waals surface area contributed by atoms with Crippen LogP contribution in [0.5, 0.6) is 0 Å². The first-order chi connectivity index (χ1) is 14.4. The van der Waals surface area contributed by atoms with Crippen LogP contribution >= 0.6 is 22.7 Å². The van der Waals surface area contributed by atoms with Crippen molar-refractivity contribution in [1.82, 2.24) is 9.88 Å². The Bertz CT molecular complexity index is 1160. The molecular weight excluding hydrogens is 438 g/mol. The third-order valence-corrected chi connectivity index (χ3v) is 9.10. The summed E-state index contributed by atoms with van der Waals surface area (Å²) in [6, 6.07) is 8.98. The number of benzene rings is 1. The van der Waals surface area contributed by atoms with Crippen LogP contribution in [0.15, 0.2) is 39.9 Å². The number of nitrogens with one attached hydrogen (secondary N) is 1. The normalized spacial score (nSPS) is 14.3. The standard InChI is InChI=1S/C21H23N3O3S3/c1-3-15-6-8-17(9-7-15)23-30(26,27)18-12-16(13-28-18)20-22-14(2)19(29-20)21(25)24-10-4-5-11-24/h6-9,12-13,23H,3-5,10-11H2,1-2H3. The fraction of sp³-hybridized carbons (Fsp3) is 0.333. The number of anilines is 1. The van der Waals surface area contributed by atoms with Gasteiger partial charge in [-0.2, -0.15) is 0 Å². The third-order valence-electron chi connectivity index (χ3n) is 5.09. The van der Waals surface area contributed by atoms with E-state index in [0.717, 1.165) is 54.8 Å². The number of carbonyl (C=O) groups excluding carboxylic acids is 1. The van der Waals surface area contributed by atoms with E-state index in [0.29, 0.717) is 21.3 Å². The first-order valence-corrected chi connectivity index (χ1v) is 13.0. The molecule has 2 aromatic heterocycles. The number of likely N-dealkylation sites (tertiary alicyclic amines) is 1. The Kier molecular flexibility index (Phi) is 5.95. The lowest BCUT2D eigenvalue weighted by molar-refractivity contribution is 0.0796. The molecule has 0 aliphatic carbocycles. The monoisotopic (exact) mass is 461 g/mol. The van der Waals surface area contributed by atoms with Crippen molar-refractivity contribution in [3.63, 3.8) is 0 Å². The fourth-order valence-corrected chi connectivity index (χ4v) is 6.68. The van der Waals surface area contributed by atoms with Gasteiger partial charge in [0.05, 0.1) is 5.69 Å². The highest BCUT2D eigenvalue weighted by molar-refractivity contribution is 7.94. The van der Waals surface area contributed by atoms with Crippen LogP contribution in [0, 0.1) is 6.92 Å². The minimum atomic E-state index is -3.68. The highest BCUT2D eigenvalue weighted by Gasteiger charge is 2.25. The molecule has 0 radical (unpaired) electrons. The SMILES string of the molecule is CCc1ccc(NS(=O)(=O)c2cc(-c3nc(C)c(C(=O)N4CCCC4)s3)cs2)cc1. The number of rotatable bonds is 6. The molecule has 1 aliphatic heterocycles. The number of aromatic nitrogens is 1. The van der Waals surface area contributed by atoms with Gasteiger partial charge in [0.1, 0.15) is 14.1 Å². The molecule has 0 bridgehead atoms. The lowest BCUT2D eigenvalue weighted by atomic mass is 10.2. The molecule has 1 N–H and O–H groups in total. The lowest BCUT2D eigenvalue weighted by Crippen LogP contribution is -2.27. The first-order valence-electron chi connectivity index (χ1n) is 9.85. The van der Waals surface area contributed by atoms with Crippen LogP contribution < -0.4 is 4.72 Å². The summed E-state index contributed by atoms with van der Waals surface area (Å²) in [5.41, 5.74) is 3.09. The van der Waals surface area contributed by atoms with Gasteiger partial charge in [-0.25, -0.2) is 13.4 Å². The Morgan fingerprint density at radius 2 is 1.90 bits per heavy atom. The van der Waals surface area contributed by atoms with Crippen LogP contribution in [-0.4, -0.2) is 37.3 Å². The molecule has 0 atom stereocenters. The summed E-state index contributed by atoms with van der Waals surface area (Å²) in [4.78, 5) is 19.8. The molecule has 9 heteroatoms. The molecule has 1 aliphatic rings. The largest absolute Gasteiger partial charge is 0.338 e. The molecule has 3 heterocycles. The van der Waals surface area contributed by atoms with Crippen LogP contribution in [0.4, 0.5) is 5.69 Å². The van der Waals surface area contributed by atoms with Crippen molar-refractivity contribution in [2.24, 2.45) is 0 Å². The molecule has 6 nitrogen and oxygen atoms in total. The van der Waals surface area contributed by atoms with Crippen LogP contribution in [0.3, 0.4) is 0 Å². The number of hydrogen-bond donors (Lipinski definition) is 1. The van der Waals surface area contributed by atoms with Crippen molar-refractivity contribution in [2.75, 3.05) is 17.8 Å². The Hall–Kier alpha value is -2.23. The van der Waals surface area contributed by atoms with Crippen LogP contribution in [0.1, 0.15) is 40.7 Å². The average Bonchev–Trinajstić information content (AvgIpc) is 3.48. The van der Waals surface area contributed by atoms with E-state index in [9.17, 15) is 13.2 Å². The summed E-state index contributed by atoms with van der Waals surface area (Å²) >= 11 is 2.48. The highest BCUT2D eigenvalue weighted by Crippen LogP contribution is 2.34. The molecule has 1 fully saturated rings. The Morgan fingerprint density at radius 1 is 1.20 bits per heavy atom. The Labute approximate surface area is 184 Å². The average molecular weight is 462 g/mol. The van der Waals surface area contributed by atoms with E-state index in [1.807, 2.05) is 24.0 Å². The molecular formula is C21H23N3O3S3. The maximum atomic E-state index is 12.8. The van der Waals surface area contributed by atoms with Gasteiger partial charge in [-0.05, 0) is 49.9 Å². The molecule has 30 heavy (non-hydrogen) atoms. The summed E-state index contributed by atoms with van der Waals surface area (Å²) in [6.07, 6.45) is 2.98. The van der Waals surface area contributed by atoms with Gasteiger partial charge in [0, 0.05) is 29.7 Å². The summed E-state index contributed by atoms with van der Waals surface area (Å²) < 4.78 is 28.4. The molecule has 0 unspecified atom stereocenters. The van der Waals surface area contributed by atoms with Gasteiger partial charge in [0.15, 0.2) is 0 Å². The van der Waals surface area contributed by atoms with Crippen LogP contribution in [0.2, 0.25) is 0 Å². The number of thiophene rings is 1. The van der Waals surface area contributed by atoms with Gasteiger partial charge in [-0.15, -0.1) is 22.7 Å². The van der Waals surface area contributed by atoms with Crippen molar-refractivity contribution in [3.05, 3.63) is 51.8 Å². The molecule has 4 rings (SSSR count). The van der Waals surface area contributed by atoms with Crippen molar-refractivity contribution in [2.45, 2.75) is 37.3 Å². The van der Waals surface area contributed by atoms with Crippen molar-refractivity contribution < 1.29 is 13.2 Å². The lowest BCUT2D eigenvalue weighted by Gasteiger charge is -2.13. The Balaban J connectivity index is 1.54. The van der Waals surface area contributed by atoms with Crippen LogP contribution in [0.25, 0.3) is 10.6 Å². The zero-order chi connectivity index (χ0) is 21.3. The zero-order valence-corrected chi connectivity index (χ0v) is 19.3. The molecule has 1 amide bonds. The molecule has 0 saturated carbocycles. The molecule has 1 aromatic carbocycles. The highest BCUT2D eigenvalue weighted by atomic mass is 32.2. The number of hydrogen-bond acceptors (Lipinski definition) is 6. The van der Waals surface area contributed by atoms with E-state index >= 15 is 0 Å². The van der Waals surface area contributed by atoms with Gasteiger partial charge in [0.2, 0.25) is 0 Å². The number of sulfonamides is 1. The fourth-order valence-electron chi connectivity index (χ4n) is 3.37. The van der Waals surface area contributed by atoms with Crippen molar-refractivity contribution in [1.29, 1.82) is 0 Å². The van der Waals surface area contributed by atoms with Crippen molar-refractivity contribution in [3.8, 4) is 10.6 Å². The predicted octanol–water partition coefficient (Wildman–Crippen LogP) is 4.78. The van der Waals surface area contributed by atoms with E-state index < -0.39 is 10.0 Å². The molecule has 158 valence electrons. The van der Waals surface area contributed by atoms with Gasteiger partial charge in [-0.3, -0.25) is 9.52 Å². The topological polar surface area (TPSA) is 79.4 Å². The van der Waals surface area contributed by atoms with Gasteiger partial charge < -0.3 is 4.90 Å². The van der Waals surface area contributed by atoms with E-state index in [4.69, 9.17) is 0 Å². The number of aryl methyl sites for hydroxylation is 2. The second-order valence-corrected chi connectivity index (χ2v) is 11.1. The van der Waals surface area contributed by atoms with E-state index in [1.165, 1.54) is 11.3 Å². The maximum Gasteiger partial charge on any atom is 0.271 e. The maximum absolute atomic E-state index is 12.8. The summed E-state index contributed by atoms with van der Waals surface area (Å²) in [6.45, 7) is 5.46. The quantitative estimate of drug-likeness (QED) is 0.573. The Morgan fingerprint density at radius 3 is 2.57 bits per heavy atom. The zero-order valence-electron chi connectivity index (χ0n) is 16.8. The number of amides is 1. The third kappa shape index (κ3) is 4.28. The second-order valence-electron chi connectivity index (χ2n) is 7.24. The smallest absolute Gasteiger partial charge is 0.271 e. The first kappa shape index (κ1) is 21.0. The second kappa shape index (κ2) is 8.49. The number of thiazole rings is 1. The summed E-state index contributed by atoms with van der Waals surface area (Å²) in [7, 11) is -3.68. The summed E-state index contributed by atoms with van der Waals surface area (Å²) in [5.74, 6) is 0.0222. The molecule has 0 spiro atoms. The molecule has 3 aromatic rings. The summed E-state index contributed by atoms with van der Waals surface area (Å²) in [5, 5.41) is 2.44. The van der Waals surface area contributed by atoms with Gasteiger partial charge in [-0.1, -0.05) is 19.1 Å². The van der Waals surface area contributed by atoms with E-state index in [2.05, 4.69) is 16.6 Å². The number of nitrogens with zero attached hydrogens (tertiary/aromatic N) is 2. The molecule has 1 saturated heterocycles. The van der Waals surface area contributed by atoms with Gasteiger partial charge >= 0.3 is 0 Å². The van der Waals surface area contributed by atoms with E-state index in [-0.39, 0.29) is 10.1 Å². The minimum absolute atomic E-state index is 0.0222. The van der Waals surface area contributed by atoms with Crippen molar-refractivity contribution >= 4 is 44.3 Å². The van der Waals surface area contributed by atoms with Crippen LogP contribution in [-0.2, 0) is 16.4 Å². The predicted molar refractivity (Wildman–Crippen MR) is 122 cm³/mol. The van der Waals surface area contributed by atoms with Gasteiger partial charge in [0.25, 0.3) is 15.9 Å².